The summed E-state index contributed by atoms with van der Waals surface area (Å²) in [5, 5.41) is 1.20. The molecule has 5 heteroatoms. The molecule has 31 heavy (non-hydrogen) atoms. The summed E-state index contributed by atoms with van der Waals surface area (Å²) in [5.41, 5.74) is 3.39. The van der Waals surface area contributed by atoms with Crippen LogP contribution in [0.3, 0.4) is 0 Å². The average molecular weight is 419 g/mol. The number of rotatable bonds is 4. The van der Waals surface area contributed by atoms with Crippen LogP contribution in [0.1, 0.15) is 43.2 Å². The van der Waals surface area contributed by atoms with Crippen molar-refractivity contribution in [3.63, 3.8) is 0 Å². The molecule has 5 rings (SSSR count). The van der Waals surface area contributed by atoms with E-state index in [1.54, 1.807) is 7.05 Å². The highest BCUT2D eigenvalue weighted by Gasteiger charge is 2.46. The molecule has 164 valence electrons. The quantitative estimate of drug-likeness (QED) is 0.709. The lowest BCUT2D eigenvalue weighted by Gasteiger charge is -2.53. The summed E-state index contributed by atoms with van der Waals surface area (Å²) in [5.74, 6) is 3.31. The molecule has 1 amide bonds. The van der Waals surface area contributed by atoms with Gasteiger partial charge in [0, 0.05) is 68.9 Å². The molecule has 0 radical (unpaired) electrons. The van der Waals surface area contributed by atoms with E-state index in [-0.39, 0.29) is 0 Å². The minimum absolute atomic E-state index is 0.360. The zero-order valence-electron chi connectivity index (χ0n) is 19.0. The Kier molecular flexibility index (Phi) is 5.55. The van der Waals surface area contributed by atoms with Gasteiger partial charge in [-0.3, -0.25) is 14.8 Å². The molecule has 2 saturated heterocycles. The molecule has 3 fully saturated rings. The SMILES string of the molecule is CN=Cc1ccc([C@H]2C[C@@H](C)CN(C(=O)CC3C4CC3CN(C)C4)C2)c2cccnc12. The number of benzene rings is 1. The van der Waals surface area contributed by atoms with Crippen molar-refractivity contribution in [3.8, 4) is 0 Å². The van der Waals surface area contributed by atoms with E-state index in [0.29, 0.717) is 23.7 Å². The van der Waals surface area contributed by atoms with Gasteiger partial charge in [-0.15, -0.1) is 0 Å². The zero-order valence-corrected chi connectivity index (χ0v) is 19.0. The van der Waals surface area contributed by atoms with Crippen molar-refractivity contribution in [2.45, 2.75) is 32.1 Å². The standard InChI is InChI=1S/C26H34N4O/c1-17-9-19(22-7-6-18(12-27-2)26-23(22)5-4-8-28-26)16-30(13-17)25(31)11-24-20-10-21(24)15-29(3)14-20/h4-8,12,17,19-21,24H,9-11,13-16H2,1-3H3/t17-,19+,20?,21?,24?/m1/s1. The highest BCUT2D eigenvalue weighted by molar-refractivity contribution is 5.99. The van der Waals surface area contributed by atoms with E-state index in [2.05, 4.69) is 51.9 Å². The molecule has 1 aliphatic carbocycles. The molecule has 1 aromatic heterocycles. The molecule has 2 aromatic rings. The van der Waals surface area contributed by atoms with E-state index in [0.717, 1.165) is 48.8 Å². The summed E-state index contributed by atoms with van der Waals surface area (Å²) in [6.45, 7) is 6.35. The van der Waals surface area contributed by atoms with Gasteiger partial charge in [0.05, 0.1) is 5.52 Å². The van der Waals surface area contributed by atoms with Crippen LogP contribution in [0.4, 0.5) is 0 Å². The summed E-state index contributed by atoms with van der Waals surface area (Å²) in [7, 11) is 4.01. The second-order valence-corrected chi connectivity index (χ2v) is 10.2. The van der Waals surface area contributed by atoms with Gasteiger partial charge in [0.2, 0.25) is 5.91 Å². The predicted molar refractivity (Wildman–Crippen MR) is 126 cm³/mol. The summed E-state index contributed by atoms with van der Waals surface area (Å²) in [6.07, 6.45) is 6.93. The summed E-state index contributed by atoms with van der Waals surface area (Å²) >= 11 is 0. The van der Waals surface area contributed by atoms with Gasteiger partial charge in [-0.25, -0.2) is 0 Å². The number of amides is 1. The van der Waals surface area contributed by atoms with Gasteiger partial charge in [0.25, 0.3) is 0 Å². The first-order chi connectivity index (χ1) is 15.0. The number of carbonyl (C=O) groups excluding carboxylic acids is 1. The molecule has 1 aromatic carbocycles. The predicted octanol–water partition coefficient (Wildman–Crippen LogP) is 3.82. The fourth-order valence-electron chi connectivity index (χ4n) is 6.48. The van der Waals surface area contributed by atoms with Gasteiger partial charge >= 0.3 is 0 Å². The number of pyridine rings is 1. The maximum atomic E-state index is 13.3. The lowest BCUT2D eigenvalue weighted by atomic mass is 9.60. The molecule has 5 nitrogen and oxygen atoms in total. The van der Waals surface area contributed by atoms with Crippen molar-refractivity contribution >= 4 is 23.0 Å². The molecular formula is C26H34N4O. The van der Waals surface area contributed by atoms with Gasteiger partial charge in [-0.2, -0.15) is 0 Å². The van der Waals surface area contributed by atoms with E-state index < -0.39 is 0 Å². The third-order valence-corrected chi connectivity index (χ3v) is 7.87. The topological polar surface area (TPSA) is 48.8 Å². The first-order valence-electron chi connectivity index (χ1n) is 11.8. The smallest absolute Gasteiger partial charge is 0.222 e. The lowest BCUT2D eigenvalue weighted by molar-refractivity contribution is -0.139. The Morgan fingerprint density at radius 3 is 2.74 bits per heavy atom. The Morgan fingerprint density at radius 2 is 1.97 bits per heavy atom. The van der Waals surface area contributed by atoms with Gasteiger partial charge in [-0.1, -0.05) is 25.1 Å². The van der Waals surface area contributed by atoms with Crippen molar-refractivity contribution in [2.75, 3.05) is 40.3 Å². The van der Waals surface area contributed by atoms with E-state index >= 15 is 0 Å². The van der Waals surface area contributed by atoms with Gasteiger partial charge in [-0.05, 0) is 55.2 Å². The van der Waals surface area contributed by atoms with E-state index in [1.807, 2.05) is 18.5 Å². The fourth-order valence-corrected chi connectivity index (χ4v) is 6.48. The molecule has 2 aliphatic heterocycles. The minimum atomic E-state index is 0.360. The second kappa shape index (κ2) is 8.34. The number of piperidine rings is 3. The molecule has 3 heterocycles. The highest BCUT2D eigenvalue weighted by atomic mass is 16.2. The van der Waals surface area contributed by atoms with Crippen LogP contribution in [0.25, 0.3) is 10.9 Å². The third-order valence-electron chi connectivity index (χ3n) is 7.87. The molecule has 0 N–H and O–H groups in total. The number of likely N-dealkylation sites (tertiary alicyclic amines) is 2. The van der Waals surface area contributed by atoms with Crippen LogP contribution in [-0.4, -0.2) is 67.2 Å². The van der Waals surface area contributed by atoms with Crippen LogP contribution in [0.5, 0.6) is 0 Å². The van der Waals surface area contributed by atoms with Crippen LogP contribution in [-0.2, 0) is 4.79 Å². The number of hydrogen-bond acceptors (Lipinski definition) is 4. The van der Waals surface area contributed by atoms with Crippen molar-refractivity contribution in [1.29, 1.82) is 0 Å². The van der Waals surface area contributed by atoms with Crippen molar-refractivity contribution in [2.24, 2.45) is 28.7 Å². The number of aromatic nitrogens is 1. The normalized spacial score (nSPS) is 31.2. The van der Waals surface area contributed by atoms with Crippen LogP contribution >= 0.6 is 0 Å². The monoisotopic (exact) mass is 418 g/mol. The van der Waals surface area contributed by atoms with Crippen LogP contribution < -0.4 is 0 Å². The van der Waals surface area contributed by atoms with Crippen molar-refractivity contribution in [1.82, 2.24) is 14.8 Å². The second-order valence-electron chi connectivity index (χ2n) is 10.2. The van der Waals surface area contributed by atoms with Crippen LogP contribution in [0.2, 0.25) is 0 Å². The maximum absolute atomic E-state index is 13.3. The molecule has 1 saturated carbocycles. The van der Waals surface area contributed by atoms with Crippen molar-refractivity contribution in [3.05, 3.63) is 41.6 Å². The highest BCUT2D eigenvalue weighted by Crippen LogP contribution is 2.47. The minimum Gasteiger partial charge on any atom is -0.342 e. The van der Waals surface area contributed by atoms with Gasteiger partial charge < -0.3 is 9.80 Å². The first kappa shape index (κ1) is 20.6. The maximum Gasteiger partial charge on any atom is 0.222 e. The molecule has 0 spiro atoms. The largest absolute Gasteiger partial charge is 0.342 e. The lowest BCUT2D eigenvalue weighted by Crippen LogP contribution is -2.55. The van der Waals surface area contributed by atoms with Crippen LogP contribution in [0, 0.1) is 23.7 Å². The average Bonchev–Trinajstić information content (AvgIpc) is 2.77. The number of aliphatic imine (C=N–C) groups is 1. The number of fused-ring (bicyclic) bond motifs is 3. The molecule has 3 aliphatic rings. The molecule has 4 atom stereocenters. The van der Waals surface area contributed by atoms with E-state index in [9.17, 15) is 4.79 Å². The Hall–Kier alpha value is -2.27. The Bertz CT molecular complexity index is 990. The summed E-state index contributed by atoms with van der Waals surface area (Å²) < 4.78 is 0. The Labute approximate surface area is 185 Å². The van der Waals surface area contributed by atoms with Gasteiger partial charge in [0.1, 0.15) is 0 Å². The van der Waals surface area contributed by atoms with Crippen molar-refractivity contribution < 1.29 is 4.79 Å². The molecule has 2 unspecified atom stereocenters. The summed E-state index contributed by atoms with van der Waals surface area (Å²) in [4.78, 5) is 26.8. The Balaban J connectivity index is 1.35. The Morgan fingerprint density at radius 1 is 1.16 bits per heavy atom. The molecular weight excluding hydrogens is 384 g/mol. The van der Waals surface area contributed by atoms with E-state index in [1.165, 1.54) is 30.5 Å². The summed E-state index contributed by atoms with van der Waals surface area (Å²) in [6, 6.07) is 8.55. The van der Waals surface area contributed by atoms with E-state index in [4.69, 9.17) is 0 Å². The zero-order chi connectivity index (χ0) is 21.5. The first-order valence-corrected chi connectivity index (χ1v) is 11.8. The third kappa shape index (κ3) is 3.89. The van der Waals surface area contributed by atoms with Crippen LogP contribution in [0.15, 0.2) is 35.5 Å². The number of carbonyl (C=O) groups is 1. The number of nitrogens with zero attached hydrogens (tertiary/aromatic N) is 4. The molecule has 2 bridgehead atoms. The fraction of sp³-hybridized carbons (Fsp3) is 0.577. The van der Waals surface area contributed by atoms with Gasteiger partial charge in [0.15, 0.2) is 0 Å². The number of hydrogen-bond donors (Lipinski definition) is 0.